The van der Waals surface area contributed by atoms with Crippen molar-refractivity contribution < 1.29 is 0 Å². The highest BCUT2D eigenvalue weighted by Gasteiger charge is 2.08. The van der Waals surface area contributed by atoms with E-state index < -0.39 is 0 Å². The maximum Gasteiger partial charge on any atom is 0.0780 e. The Morgan fingerprint density at radius 2 is 1.20 bits per heavy atom. The maximum atomic E-state index is 4.57. The molecule has 3 heteroatoms. The fourth-order valence-electron chi connectivity index (χ4n) is 2.11. The van der Waals surface area contributed by atoms with Crippen LogP contribution >= 0.6 is 45.2 Å². The van der Waals surface area contributed by atoms with E-state index in [1.54, 1.807) is 0 Å². The number of nitrogens with zero attached hydrogens (tertiary/aromatic N) is 1. The third-order valence-electron chi connectivity index (χ3n) is 3.08. The normalized spacial score (nSPS) is 10.5. The molecule has 2 aromatic carbocycles. The van der Waals surface area contributed by atoms with Gasteiger partial charge in [0.1, 0.15) is 0 Å². The topological polar surface area (TPSA) is 12.9 Å². The van der Waals surface area contributed by atoms with Gasteiger partial charge >= 0.3 is 0 Å². The van der Waals surface area contributed by atoms with E-state index in [0.29, 0.717) is 0 Å². The summed E-state index contributed by atoms with van der Waals surface area (Å²) in [6.45, 7) is 0. The molecule has 20 heavy (non-hydrogen) atoms. The van der Waals surface area contributed by atoms with Crippen molar-refractivity contribution in [2.24, 2.45) is 0 Å². The average molecular weight is 483 g/mol. The van der Waals surface area contributed by atoms with Crippen molar-refractivity contribution in [2.45, 2.75) is 0 Å². The molecule has 0 unspecified atom stereocenters. The molecular formula is C17H11I2N. The third-order valence-corrected chi connectivity index (χ3v) is 4.52. The van der Waals surface area contributed by atoms with E-state index in [2.05, 4.69) is 105 Å². The smallest absolute Gasteiger partial charge is 0.0780 e. The molecule has 0 atom stereocenters. The first-order valence-electron chi connectivity index (χ1n) is 6.21. The Hall–Kier alpha value is -0.950. The molecule has 0 bridgehead atoms. The van der Waals surface area contributed by atoms with E-state index in [0.717, 1.165) is 11.3 Å². The summed E-state index contributed by atoms with van der Waals surface area (Å²) in [5.74, 6) is 0. The second-order valence-corrected chi connectivity index (χ2v) is 6.90. The monoisotopic (exact) mass is 483 g/mol. The quantitative estimate of drug-likeness (QED) is 0.432. The minimum absolute atomic E-state index is 1.03. The molecule has 1 nitrogen and oxygen atoms in total. The molecule has 1 heterocycles. The van der Waals surface area contributed by atoms with Gasteiger partial charge in [0.25, 0.3) is 0 Å². The second kappa shape index (κ2) is 6.22. The van der Waals surface area contributed by atoms with Gasteiger partial charge < -0.3 is 0 Å². The van der Waals surface area contributed by atoms with Crippen molar-refractivity contribution in [2.75, 3.05) is 0 Å². The van der Waals surface area contributed by atoms with Crippen molar-refractivity contribution in [3.63, 3.8) is 0 Å². The van der Waals surface area contributed by atoms with Crippen molar-refractivity contribution in [1.82, 2.24) is 4.98 Å². The number of benzene rings is 2. The van der Waals surface area contributed by atoms with Crippen LogP contribution in [0, 0.1) is 7.14 Å². The molecule has 0 fully saturated rings. The molecule has 0 aliphatic heterocycles. The summed E-state index contributed by atoms with van der Waals surface area (Å²) < 4.78 is 2.48. The van der Waals surface area contributed by atoms with E-state index in [1.165, 1.54) is 18.3 Å². The lowest BCUT2D eigenvalue weighted by atomic mass is 10.00. The zero-order valence-corrected chi connectivity index (χ0v) is 14.9. The van der Waals surface area contributed by atoms with Gasteiger partial charge in [-0.05, 0) is 81.1 Å². The van der Waals surface area contributed by atoms with E-state index >= 15 is 0 Å². The molecule has 98 valence electrons. The fourth-order valence-corrected chi connectivity index (χ4v) is 2.82. The number of rotatable bonds is 2. The first kappa shape index (κ1) is 14.0. The highest BCUT2D eigenvalue weighted by molar-refractivity contribution is 14.1. The van der Waals surface area contributed by atoms with Gasteiger partial charge in [0.2, 0.25) is 0 Å². The van der Waals surface area contributed by atoms with Crippen LogP contribution in [-0.2, 0) is 0 Å². The number of pyridine rings is 1. The highest BCUT2D eigenvalue weighted by atomic mass is 127. The van der Waals surface area contributed by atoms with Crippen LogP contribution in [0.4, 0.5) is 0 Å². The summed E-state index contributed by atoms with van der Waals surface area (Å²) >= 11 is 4.64. The molecule has 3 aromatic rings. The van der Waals surface area contributed by atoms with Crippen molar-refractivity contribution >= 4 is 45.2 Å². The molecule has 0 aliphatic carbocycles. The fraction of sp³-hybridized carbons (Fsp3) is 0. The molecule has 1 aromatic heterocycles. The Kier molecular flexibility index (Phi) is 4.35. The minimum atomic E-state index is 1.03. The summed E-state index contributed by atoms with van der Waals surface area (Å²) in [6, 6.07) is 21.1. The first-order valence-corrected chi connectivity index (χ1v) is 8.37. The van der Waals surface area contributed by atoms with Gasteiger partial charge in [-0.25, -0.2) is 0 Å². The first-order chi connectivity index (χ1) is 9.74. The average Bonchev–Trinajstić information content (AvgIpc) is 2.49. The standard InChI is InChI=1S/C17H11I2N/c18-14-7-3-12(4-8-14)16-2-1-11-20-17(16)13-5-9-15(19)10-6-13/h1-11H. The van der Waals surface area contributed by atoms with Crippen LogP contribution in [0.1, 0.15) is 0 Å². The molecule has 0 radical (unpaired) electrons. The van der Waals surface area contributed by atoms with Crippen LogP contribution in [-0.4, -0.2) is 4.98 Å². The van der Waals surface area contributed by atoms with Crippen LogP contribution in [0.2, 0.25) is 0 Å². The van der Waals surface area contributed by atoms with Gasteiger partial charge in [-0.15, -0.1) is 0 Å². The Bertz CT molecular complexity index is 654. The lowest BCUT2D eigenvalue weighted by Crippen LogP contribution is -1.89. The van der Waals surface area contributed by atoms with Crippen molar-refractivity contribution in [3.8, 4) is 22.4 Å². The Labute approximate surface area is 145 Å². The van der Waals surface area contributed by atoms with Gasteiger partial charge in [-0.3, -0.25) is 4.98 Å². The molecule has 0 saturated carbocycles. The van der Waals surface area contributed by atoms with Gasteiger partial charge in [0, 0.05) is 24.5 Å². The summed E-state index contributed by atoms with van der Waals surface area (Å²) in [5, 5.41) is 0. The largest absolute Gasteiger partial charge is 0.256 e. The maximum absolute atomic E-state index is 4.57. The zero-order valence-electron chi connectivity index (χ0n) is 10.6. The summed E-state index contributed by atoms with van der Waals surface area (Å²) in [6.07, 6.45) is 1.85. The van der Waals surface area contributed by atoms with Crippen LogP contribution in [0.15, 0.2) is 66.9 Å². The molecule has 0 amide bonds. The SMILES string of the molecule is Ic1ccc(-c2cccnc2-c2ccc(I)cc2)cc1. The van der Waals surface area contributed by atoms with E-state index in [4.69, 9.17) is 0 Å². The highest BCUT2D eigenvalue weighted by Crippen LogP contribution is 2.30. The Balaban J connectivity index is 2.13. The predicted octanol–water partition coefficient (Wildman–Crippen LogP) is 5.62. The van der Waals surface area contributed by atoms with E-state index in [9.17, 15) is 0 Å². The van der Waals surface area contributed by atoms with Crippen LogP contribution in [0.3, 0.4) is 0 Å². The molecule has 0 N–H and O–H groups in total. The summed E-state index contributed by atoms with van der Waals surface area (Å²) in [4.78, 5) is 4.57. The van der Waals surface area contributed by atoms with E-state index in [1.807, 2.05) is 12.3 Å². The number of aromatic nitrogens is 1. The van der Waals surface area contributed by atoms with E-state index in [-0.39, 0.29) is 0 Å². The summed E-state index contributed by atoms with van der Waals surface area (Å²) in [5.41, 5.74) is 4.56. The Morgan fingerprint density at radius 3 is 1.80 bits per heavy atom. The van der Waals surface area contributed by atoms with Gasteiger partial charge in [0.05, 0.1) is 5.69 Å². The van der Waals surface area contributed by atoms with Crippen LogP contribution < -0.4 is 0 Å². The minimum Gasteiger partial charge on any atom is -0.256 e. The number of halogens is 2. The number of hydrogen-bond donors (Lipinski definition) is 0. The molecule has 3 rings (SSSR count). The number of hydrogen-bond acceptors (Lipinski definition) is 1. The van der Waals surface area contributed by atoms with Gasteiger partial charge in [-0.2, -0.15) is 0 Å². The van der Waals surface area contributed by atoms with Crippen LogP contribution in [0.25, 0.3) is 22.4 Å². The Morgan fingerprint density at radius 1 is 0.650 bits per heavy atom. The molecular weight excluding hydrogens is 472 g/mol. The van der Waals surface area contributed by atoms with Gasteiger partial charge in [0.15, 0.2) is 0 Å². The lowest BCUT2D eigenvalue weighted by molar-refractivity contribution is 1.32. The predicted molar refractivity (Wildman–Crippen MR) is 101 cm³/mol. The lowest BCUT2D eigenvalue weighted by Gasteiger charge is -2.09. The van der Waals surface area contributed by atoms with Crippen molar-refractivity contribution in [1.29, 1.82) is 0 Å². The zero-order chi connectivity index (χ0) is 13.9. The van der Waals surface area contributed by atoms with Gasteiger partial charge in [-0.1, -0.05) is 30.3 Å². The van der Waals surface area contributed by atoms with Crippen LogP contribution in [0.5, 0.6) is 0 Å². The third kappa shape index (κ3) is 3.03. The molecule has 0 saturated heterocycles. The molecule has 0 aliphatic rings. The van der Waals surface area contributed by atoms with Crippen molar-refractivity contribution in [3.05, 3.63) is 74.0 Å². The summed E-state index contributed by atoms with van der Waals surface area (Å²) in [7, 11) is 0. The second-order valence-electron chi connectivity index (χ2n) is 4.41. The molecule has 0 spiro atoms.